The zero-order valence-electron chi connectivity index (χ0n) is 22.6. The second kappa shape index (κ2) is 12.6. The number of methoxy groups -OCH3 is 3. The summed E-state index contributed by atoms with van der Waals surface area (Å²) in [5.41, 5.74) is 1.09. The summed E-state index contributed by atoms with van der Waals surface area (Å²) in [6.07, 6.45) is 3.01. The molecule has 206 valence electrons. The van der Waals surface area contributed by atoms with Crippen molar-refractivity contribution in [3.05, 3.63) is 103 Å². The molecule has 0 bridgehead atoms. The summed E-state index contributed by atoms with van der Waals surface area (Å²) < 4.78 is 50.6. The molecule has 6 nitrogen and oxygen atoms in total. The maximum absolute atomic E-state index is 14.0. The molecule has 0 aliphatic carbocycles. The van der Waals surface area contributed by atoms with Gasteiger partial charge in [-0.3, -0.25) is 0 Å². The van der Waals surface area contributed by atoms with Crippen LogP contribution in [0.1, 0.15) is 25.3 Å². The Morgan fingerprint density at radius 1 is 0.538 bits per heavy atom. The summed E-state index contributed by atoms with van der Waals surface area (Å²) in [5, 5.41) is 0. The van der Waals surface area contributed by atoms with Crippen LogP contribution in [0.2, 0.25) is 0 Å². The van der Waals surface area contributed by atoms with Gasteiger partial charge in [0.2, 0.25) is 0 Å². The molecule has 0 aliphatic heterocycles. The zero-order chi connectivity index (χ0) is 27.9. The molecule has 0 amide bonds. The number of unbranched alkanes of at least 4 members (excludes halogenated alkanes) is 1. The van der Waals surface area contributed by atoms with E-state index in [-0.39, 0.29) is 4.90 Å². The van der Waals surface area contributed by atoms with E-state index in [0.29, 0.717) is 31.9 Å². The Morgan fingerprint density at radius 2 is 0.897 bits per heavy atom. The largest absolute Gasteiger partial charge is 0.497 e. The van der Waals surface area contributed by atoms with Gasteiger partial charge in [0.05, 0.1) is 26.2 Å². The highest BCUT2D eigenvalue weighted by molar-refractivity contribution is 8.33. The van der Waals surface area contributed by atoms with E-state index in [1.807, 2.05) is 84.9 Å². The lowest BCUT2D eigenvalue weighted by molar-refractivity contribution is 0.414. The van der Waals surface area contributed by atoms with E-state index in [1.165, 1.54) is 0 Å². The number of hydrogen-bond acceptors (Lipinski definition) is 6. The van der Waals surface area contributed by atoms with Crippen LogP contribution in [0.15, 0.2) is 117 Å². The van der Waals surface area contributed by atoms with E-state index < -0.39 is 20.4 Å². The summed E-state index contributed by atoms with van der Waals surface area (Å²) >= 11 is 0. The standard InChI is InChI=1S/C31H34O6S2/c1-5-6-7-24-8-16-31(17-9-24)39(32,33)37-38(28-18-10-25(34-2)11-19-28,29-20-12-26(35-3)13-21-29)30-22-14-27(36-4)15-23-30/h8-23H,5-7H2,1-4H3. The SMILES string of the molecule is CCCCc1ccc(S(=O)(=O)OS(c2ccc(OC)cc2)(c2ccc(OC)cc2)c2ccc(OC)cc2)cc1. The Balaban J connectivity index is 1.92. The van der Waals surface area contributed by atoms with Crippen molar-refractivity contribution in [2.24, 2.45) is 0 Å². The van der Waals surface area contributed by atoms with Gasteiger partial charge in [0.15, 0.2) is 0 Å². The Kier molecular flexibility index (Phi) is 9.22. The molecule has 0 N–H and O–H groups in total. The third-order valence-corrected chi connectivity index (χ3v) is 11.6. The minimum Gasteiger partial charge on any atom is -0.497 e. The fraction of sp³-hybridized carbons (Fsp3) is 0.226. The van der Waals surface area contributed by atoms with Crippen molar-refractivity contribution in [2.45, 2.75) is 45.8 Å². The fourth-order valence-electron chi connectivity index (χ4n) is 4.21. The smallest absolute Gasteiger partial charge is 0.307 e. The van der Waals surface area contributed by atoms with Crippen molar-refractivity contribution in [3.63, 3.8) is 0 Å². The van der Waals surface area contributed by atoms with Crippen molar-refractivity contribution in [1.82, 2.24) is 0 Å². The van der Waals surface area contributed by atoms with Gasteiger partial charge in [0, 0.05) is 14.7 Å². The first-order chi connectivity index (χ1) is 18.9. The molecule has 4 rings (SSSR count). The normalized spacial score (nSPS) is 12.1. The third kappa shape index (κ3) is 6.24. The Morgan fingerprint density at radius 3 is 1.23 bits per heavy atom. The van der Waals surface area contributed by atoms with Crippen LogP contribution in [0, 0.1) is 0 Å². The summed E-state index contributed by atoms with van der Waals surface area (Å²) in [5.74, 6) is 1.96. The quantitative estimate of drug-likeness (QED) is 0.175. The average Bonchev–Trinajstić information content (AvgIpc) is 2.99. The van der Waals surface area contributed by atoms with E-state index in [0.717, 1.165) is 24.8 Å². The second-order valence-electron chi connectivity index (χ2n) is 8.85. The number of rotatable bonds is 12. The second-order valence-corrected chi connectivity index (χ2v) is 13.3. The minimum atomic E-state index is -4.20. The highest BCUT2D eigenvalue weighted by Crippen LogP contribution is 2.70. The molecule has 8 heteroatoms. The van der Waals surface area contributed by atoms with Crippen LogP contribution in [0.4, 0.5) is 0 Å². The number of hydrogen-bond donors (Lipinski definition) is 0. The first-order valence-corrected chi connectivity index (χ1v) is 15.6. The molecule has 0 aromatic heterocycles. The summed E-state index contributed by atoms with van der Waals surface area (Å²) in [6, 6.07) is 28.9. The van der Waals surface area contributed by atoms with Crippen LogP contribution in [-0.2, 0) is 20.2 Å². The van der Waals surface area contributed by atoms with E-state index in [1.54, 1.807) is 33.5 Å². The summed E-state index contributed by atoms with van der Waals surface area (Å²) in [6.45, 7) is 2.13. The van der Waals surface area contributed by atoms with Gasteiger partial charge in [-0.15, -0.1) is 0 Å². The van der Waals surface area contributed by atoms with Crippen molar-refractivity contribution < 1.29 is 26.3 Å². The van der Waals surface area contributed by atoms with Gasteiger partial charge >= 0.3 is 10.1 Å². The van der Waals surface area contributed by atoms with Crippen LogP contribution in [0.3, 0.4) is 0 Å². The van der Waals surface area contributed by atoms with E-state index in [9.17, 15) is 8.42 Å². The van der Waals surface area contributed by atoms with Crippen molar-refractivity contribution >= 4 is 20.4 Å². The molecule has 39 heavy (non-hydrogen) atoms. The highest BCUT2D eigenvalue weighted by atomic mass is 32.3. The molecule has 0 fully saturated rings. The first kappa shape index (κ1) is 28.5. The molecule has 0 heterocycles. The lowest BCUT2D eigenvalue weighted by Gasteiger charge is -2.39. The lowest BCUT2D eigenvalue weighted by atomic mass is 10.1. The number of ether oxygens (including phenoxy) is 3. The third-order valence-electron chi connectivity index (χ3n) is 6.40. The van der Waals surface area contributed by atoms with Gasteiger partial charge in [0.1, 0.15) is 17.2 Å². The van der Waals surface area contributed by atoms with Crippen molar-refractivity contribution in [2.75, 3.05) is 21.3 Å². The topological polar surface area (TPSA) is 71.1 Å². The molecule has 4 aromatic rings. The van der Waals surface area contributed by atoms with Gasteiger partial charge in [-0.25, -0.2) is 3.63 Å². The summed E-state index contributed by atoms with van der Waals surface area (Å²) in [4.78, 5) is 2.19. The molecule has 0 saturated heterocycles. The molecule has 4 aromatic carbocycles. The van der Waals surface area contributed by atoms with Crippen LogP contribution >= 0.6 is 10.3 Å². The Labute approximate surface area is 233 Å². The highest BCUT2D eigenvalue weighted by Gasteiger charge is 2.38. The predicted octanol–water partition coefficient (Wildman–Crippen LogP) is 7.66. The lowest BCUT2D eigenvalue weighted by Crippen LogP contribution is -2.14. The average molecular weight is 567 g/mol. The van der Waals surface area contributed by atoms with E-state index >= 15 is 0 Å². The van der Waals surface area contributed by atoms with Gasteiger partial charge in [-0.05, 0) is 114 Å². The van der Waals surface area contributed by atoms with Crippen LogP contribution in [0.5, 0.6) is 17.2 Å². The fourth-order valence-corrected chi connectivity index (χ4v) is 9.38. The molecule has 0 radical (unpaired) electrons. The molecule has 0 spiro atoms. The van der Waals surface area contributed by atoms with Crippen molar-refractivity contribution in [1.29, 1.82) is 0 Å². The van der Waals surface area contributed by atoms with Crippen LogP contribution in [-0.4, -0.2) is 29.7 Å². The molecule has 0 aliphatic rings. The van der Waals surface area contributed by atoms with E-state index in [2.05, 4.69) is 6.92 Å². The molecule has 0 saturated carbocycles. The predicted molar refractivity (Wildman–Crippen MR) is 155 cm³/mol. The van der Waals surface area contributed by atoms with Gasteiger partial charge in [0.25, 0.3) is 0 Å². The van der Waals surface area contributed by atoms with Gasteiger partial charge < -0.3 is 14.2 Å². The van der Waals surface area contributed by atoms with Crippen molar-refractivity contribution in [3.8, 4) is 17.2 Å². The number of aryl methyl sites for hydroxylation is 1. The maximum atomic E-state index is 14.0. The van der Waals surface area contributed by atoms with Gasteiger partial charge in [-0.1, -0.05) is 25.5 Å². The van der Waals surface area contributed by atoms with Crippen LogP contribution < -0.4 is 14.2 Å². The molecule has 0 atom stereocenters. The monoisotopic (exact) mass is 566 g/mol. The van der Waals surface area contributed by atoms with Gasteiger partial charge in [-0.2, -0.15) is 8.42 Å². The first-order valence-electron chi connectivity index (χ1n) is 12.7. The zero-order valence-corrected chi connectivity index (χ0v) is 24.3. The van der Waals surface area contributed by atoms with E-state index in [4.69, 9.17) is 17.8 Å². The Hall–Kier alpha value is -3.46. The number of benzene rings is 4. The Bertz CT molecular complexity index is 1330. The minimum absolute atomic E-state index is 0.107. The van der Waals surface area contributed by atoms with Crippen LogP contribution in [0.25, 0.3) is 0 Å². The molecular formula is C31H34O6S2. The maximum Gasteiger partial charge on any atom is 0.307 e. The summed E-state index contributed by atoms with van der Waals surface area (Å²) in [7, 11) is -2.22. The molecule has 0 unspecified atom stereocenters. The molecular weight excluding hydrogens is 532 g/mol.